The van der Waals surface area contributed by atoms with Crippen molar-refractivity contribution in [3.8, 4) is 5.75 Å². The molecule has 2 rings (SSSR count). The van der Waals surface area contributed by atoms with Gasteiger partial charge in [0.05, 0.1) is 5.22 Å². The third-order valence-corrected chi connectivity index (χ3v) is 4.53. The molecule has 0 atom stereocenters. The standard InChI is InChI=1S/C26H34FN5O3/c1-7-29-25(24-17(2)14-20(15-21(24)27)35-13-12-28-6)31-19-10-8-18(9-11-19)30-22(33)16-23(34)32-26(3,4)5/h7-11,14-15,28,31H,2,12-13,16H2,1,3-6H3,(H,30,33)(H,32,34)/b25-24-,29-7-. The van der Waals surface area contributed by atoms with Gasteiger partial charge in [0.15, 0.2) is 0 Å². The maximum atomic E-state index is 15.0. The molecule has 0 aliphatic rings. The van der Waals surface area contributed by atoms with Crippen molar-refractivity contribution in [2.75, 3.05) is 30.8 Å². The van der Waals surface area contributed by atoms with Crippen LogP contribution >= 0.6 is 0 Å². The highest BCUT2D eigenvalue weighted by atomic mass is 19.1. The molecule has 8 nitrogen and oxygen atoms in total. The van der Waals surface area contributed by atoms with Crippen molar-refractivity contribution in [2.24, 2.45) is 4.99 Å². The summed E-state index contributed by atoms with van der Waals surface area (Å²) >= 11 is 0. The summed E-state index contributed by atoms with van der Waals surface area (Å²) in [5.74, 6) is -0.608. The molecule has 0 radical (unpaired) electrons. The Bertz CT molecular complexity index is 1170. The van der Waals surface area contributed by atoms with Gasteiger partial charge in [0.25, 0.3) is 0 Å². The Hall–Kier alpha value is -3.72. The summed E-state index contributed by atoms with van der Waals surface area (Å²) in [7, 11) is 1.81. The van der Waals surface area contributed by atoms with Crippen LogP contribution in [-0.4, -0.2) is 43.8 Å². The summed E-state index contributed by atoms with van der Waals surface area (Å²) in [6.07, 6.45) is 1.27. The zero-order chi connectivity index (χ0) is 26.0. The number of aliphatic imine (C=N–C) groups is 1. The van der Waals surface area contributed by atoms with Crippen molar-refractivity contribution < 1.29 is 18.7 Å². The SMILES string of the molecule is C=c1cc(OCCNC)cc(F)/c1=C(/N=C\C)Nc1ccc(NC(=O)CC(=O)NC(C)(C)C)cc1. The second-order valence-electron chi connectivity index (χ2n) is 8.85. The molecule has 2 aromatic carbocycles. The maximum Gasteiger partial charge on any atom is 0.233 e. The number of hydrogen-bond donors (Lipinski definition) is 4. The van der Waals surface area contributed by atoms with E-state index in [1.165, 1.54) is 6.07 Å². The van der Waals surface area contributed by atoms with Crippen LogP contribution in [0.15, 0.2) is 41.4 Å². The fraction of sp³-hybridized carbons (Fsp3) is 0.346. The van der Waals surface area contributed by atoms with Gasteiger partial charge < -0.3 is 26.0 Å². The third-order valence-electron chi connectivity index (χ3n) is 4.53. The van der Waals surface area contributed by atoms with Gasteiger partial charge in [-0.25, -0.2) is 9.38 Å². The minimum atomic E-state index is -0.512. The van der Waals surface area contributed by atoms with Crippen molar-refractivity contribution in [1.82, 2.24) is 10.6 Å². The van der Waals surface area contributed by atoms with E-state index in [9.17, 15) is 14.0 Å². The van der Waals surface area contributed by atoms with Crippen molar-refractivity contribution in [2.45, 2.75) is 39.7 Å². The lowest BCUT2D eigenvalue weighted by Gasteiger charge is -2.20. The number of rotatable bonds is 10. The van der Waals surface area contributed by atoms with Gasteiger partial charge in [0.2, 0.25) is 11.8 Å². The lowest BCUT2D eigenvalue weighted by Crippen LogP contribution is -2.41. The van der Waals surface area contributed by atoms with E-state index < -0.39 is 17.3 Å². The second kappa shape index (κ2) is 12.7. The van der Waals surface area contributed by atoms with Crippen LogP contribution in [0.25, 0.3) is 12.4 Å². The molecule has 0 bridgehead atoms. The summed E-state index contributed by atoms with van der Waals surface area (Å²) in [6, 6.07) is 9.75. The van der Waals surface area contributed by atoms with Crippen LogP contribution in [0.5, 0.6) is 5.75 Å². The van der Waals surface area contributed by atoms with Crippen LogP contribution < -0.4 is 36.4 Å². The van der Waals surface area contributed by atoms with Crippen LogP contribution in [0.3, 0.4) is 0 Å². The smallest absolute Gasteiger partial charge is 0.233 e. The van der Waals surface area contributed by atoms with E-state index in [0.717, 1.165) is 0 Å². The first kappa shape index (κ1) is 27.5. The highest BCUT2D eigenvalue weighted by molar-refractivity contribution is 6.03. The van der Waals surface area contributed by atoms with Gasteiger partial charge in [0, 0.05) is 35.7 Å². The molecule has 0 heterocycles. The minimum absolute atomic E-state index is 0.228. The monoisotopic (exact) mass is 483 g/mol. The molecule has 0 unspecified atom stereocenters. The third kappa shape index (κ3) is 9.21. The van der Waals surface area contributed by atoms with Gasteiger partial charge in [-0.05, 0) is 70.3 Å². The molecule has 0 aliphatic heterocycles. The predicted octanol–water partition coefficient (Wildman–Crippen LogP) is 2.35. The van der Waals surface area contributed by atoms with Crippen LogP contribution in [0, 0.1) is 5.82 Å². The van der Waals surface area contributed by atoms with Crippen LogP contribution in [-0.2, 0) is 9.59 Å². The van der Waals surface area contributed by atoms with Gasteiger partial charge in [-0.2, -0.15) is 0 Å². The number of carbonyl (C=O) groups is 2. The molecule has 0 spiro atoms. The number of benzene rings is 2. The average Bonchev–Trinajstić information content (AvgIpc) is 2.73. The van der Waals surface area contributed by atoms with Gasteiger partial charge in [-0.1, -0.05) is 6.58 Å². The highest BCUT2D eigenvalue weighted by Crippen LogP contribution is 2.16. The molecule has 2 aromatic rings. The number of halogens is 1. The first-order valence-corrected chi connectivity index (χ1v) is 11.3. The molecule has 4 N–H and O–H groups in total. The Kier molecular flexibility index (Phi) is 9.96. The number of anilines is 2. The van der Waals surface area contributed by atoms with E-state index in [1.54, 1.807) is 43.5 Å². The van der Waals surface area contributed by atoms with Crippen LogP contribution in [0.4, 0.5) is 15.8 Å². The number of likely N-dealkylation sites (N-methyl/N-ethyl adjacent to an activating group) is 1. The quantitative estimate of drug-likeness (QED) is 0.236. The van der Waals surface area contributed by atoms with Crippen molar-refractivity contribution >= 4 is 41.8 Å². The number of nitrogens with zero attached hydrogens (tertiary/aromatic N) is 1. The zero-order valence-corrected chi connectivity index (χ0v) is 20.9. The summed E-state index contributed by atoms with van der Waals surface area (Å²) in [5.41, 5.74) is 0.742. The molecule has 2 amide bonds. The van der Waals surface area contributed by atoms with Gasteiger partial charge in [0.1, 0.15) is 30.4 Å². The fourth-order valence-electron chi connectivity index (χ4n) is 3.13. The second-order valence-corrected chi connectivity index (χ2v) is 8.85. The molecule has 9 heteroatoms. The molecule has 35 heavy (non-hydrogen) atoms. The minimum Gasteiger partial charge on any atom is -0.492 e. The molecular formula is C26H34FN5O3. The Morgan fingerprint density at radius 1 is 1.09 bits per heavy atom. The van der Waals surface area contributed by atoms with E-state index in [2.05, 4.69) is 32.8 Å². The van der Waals surface area contributed by atoms with E-state index in [4.69, 9.17) is 4.74 Å². The maximum absolute atomic E-state index is 15.0. The number of hydrogen-bond acceptors (Lipinski definition) is 6. The van der Waals surface area contributed by atoms with Gasteiger partial charge in [-0.3, -0.25) is 9.59 Å². The summed E-state index contributed by atoms with van der Waals surface area (Å²) in [6.45, 7) is 12.3. The van der Waals surface area contributed by atoms with E-state index in [0.29, 0.717) is 35.5 Å². The Morgan fingerprint density at radius 2 is 1.71 bits per heavy atom. The topological polar surface area (TPSA) is 104 Å². The van der Waals surface area contributed by atoms with Crippen molar-refractivity contribution in [3.63, 3.8) is 0 Å². The zero-order valence-electron chi connectivity index (χ0n) is 20.9. The lowest BCUT2D eigenvalue weighted by atomic mass is 10.1. The Morgan fingerprint density at radius 3 is 2.26 bits per heavy atom. The van der Waals surface area contributed by atoms with Gasteiger partial charge >= 0.3 is 0 Å². The lowest BCUT2D eigenvalue weighted by molar-refractivity contribution is -0.127. The summed E-state index contributed by atoms with van der Waals surface area (Å²) in [5, 5.41) is 12.2. The molecule has 0 aromatic heterocycles. The van der Waals surface area contributed by atoms with Crippen molar-refractivity contribution in [1.29, 1.82) is 0 Å². The van der Waals surface area contributed by atoms with E-state index in [1.807, 2.05) is 27.8 Å². The highest BCUT2D eigenvalue weighted by Gasteiger charge is 2.16. The fourth-order valence-corrected chi connectivity index (χ4v) is 3.13. The van der Waals surface area contributed by atoms with Crippen molar-refractivity contribution in [3.05, 3.63) is 52.7 Å². The van der Waals surface area contributed by atoms with Gasteiger partial charge in [-0.15, -0.1) is 0 Å². The van der Waals surface area contributed by atoms with E-state index >= 15 is 0 Å². The predicted molar refractivity (Wildman–Crippen MR) is 139 cm³/mol. The molecule has 0 saturated heterocycles. The normalized spacial score (nSPS) is 12.3. The molecular weight excluding hydrogens is 449 g/mol. The van der Waals surface area contributed by atoms with E-state index in [-0.39, 0.29) is 23.4 Å². The molecule has 0 fully saturated rings. The number of carbonyl (C=O) groups excluding carboxylic acids is 2. The van der Waals surface area contributed by atoms with Crippen LogP contribution in [0.1, 0.15) is 34.1 Å². The first-order valence-electron chi connectivity index (χ1n) is 11.3. The summed E-state index contributed by atoms with van der Waals surface area (Å²) in [4.78, 5) is 28.4. The average molecular weight is 484 g/mol. The largest absolute Gasteiger partial charge is 0.492 e. The van der Waals surface area contributed by atoms with Crippen LogP contribution in [0.2, 0.25) is 0 Å². The first-order chi connectivity index (χ1) is 16.5. The molecule has 0 saturated carbocycles. The number of amides is 2. The number of nitrogens with one attached hydrogen (secondary N) is 4. The Labute approximate surface area is 205 Å². The molecule has 0 aliphatic carbocycles. The Balaban J connectivity index is 2.17. The molecule has 188 valence electrons. The summed E-state index contributed by atoms with van der Waals surface area (Å²) < 4.78 is 20.5. The number of ether oxygens (including phenoxy) is 1.